The molecule has 0 saturated heterocycles. The second kappa shape index (κ2) is 10.6. The van der Waals surface area contributed by atoms with Gasteiger partial charge in [-0.25, -0.2) is 13.2 Å². The Labute approximate surface area is 189 Å². The number of unbranched alkanes of at least 4 members (excludes halogenated alkanes) is 1. The number of nitrogens with one attached hydrogen (secondary N) is 1. The summed E-state index contributed by atoms with van der Waals surface area (Å²) in [4.78, 5) is 24.5. The quantitative estimate of drug-likeness (QED) is 0.518. The molecular formula is C24H30N2O5S. The minimum atomic E-state index is -3.89. The van der Waals surface area contributed by atoms with Gasteiger partial charge in [0.05, 0.1) is 16.1 Å². The molecule has 0 bridgehead atoms. The molecule has 3 rings (SSSR count). The Bertz CT molecular complexity index is 1040. The number of amides is 1. The van der Waals surface area contributed by atoms with Crippen LogP contribution < -0.4 is 9.62 Å². The van der Waals surface area contributed by atoms with Gasteiger partial charge in [-0.15, -0.1) is 0 Å². The van der Waals surface area contributed by atoms with Gasteiger partial charge in [-0.1, -0.05) is 37.6 Å². The first kappa shape index (κ1) is 23.8. The summed E-state index contributed by atoms with van der Waals surface area (Å²) in [5.74, 6) is -0.607. The molecule has 0 aliphatic heterocycles. The maximum atomic E-state index is 13.4. The maximum Gasteiger partial charge on any atom is 0.338 e. The van der Waals surface area contributed by atoms with Crippen LogP contribution in [0.5, 0.6) is 0 Å². The number of anilines is 1. The van der Waals surface area contributed by atoms with E-state index in [-0.39, 0.29) is 22.4 Å². The van der Waals surface area contributed by atoms with Gasteiger partial charge in [-0.05, 0) is 62.4 Å². The van der Waals surface area contributed by atoms with E-state index >= 15 is 0 Å². The second-order valence-electron chi connectivity index (χ2n) is 8.06. The van der Waals surface area contributed by atoms with Crippen LogP contribution in [0.2, 0.25) is 0 Å². The zero-order valence-electron chi connectivity index (χ0n) is 18.5. The van der Waals surface area contributed by atoms with Gasteiger partial charge in [-0.2, -0.15) is 0 Å². The Balaban J connectivity index is 1.72. The highest BCUT2D eigenvalue weighted by atomic mass is 32.2. The van der Waals surface area contributed by atoms with Crippen molar-refractivity contribution in [1.82, 2.24) is 5.32 Å². The Hall–Kier alpha value is -2.87. The predicted octanol–water partition coefficient (Wildman–Crippen LogP) is 3.75. The largest absolute Gasteiger partial charge is 0.452 e. The van der Waals surface area contributed by atoms with E-state index in [1.807, 2.05) is 19.9 Å². The summed E-state index contributed by atoms with van der Waals surface area (Å²) in [5.41, 5.74) is 0.646. The zero-order valence-corrected chi connectivity index (χ0v) is 19.3. The lowest BCUT2D eigenvalue weighted by Crippen LogP contribution is -2.37. The molecule has 1 atom stereocenters. The molecule has 2 aromatic carbocycles. The number of rotatable bonds is 11. The van der Waals surface area contributed by atoms with E-state index in [4.69, 9.17) is 4.74 Å². The molecule has 1 saturated carbocycles. The molecule has 1 aliphatic rings. The van der Waals surface area contributed by atoms with Crippen molar-refractivity contribution in [3.8, 4) is 0 Å². The summed E-state index contributed by atoms with van der Waals surface area (Å²) in [7, 11) is -3.89. The number of benzene rings is 2. The van der Waals surface area contributed by atoms with Crippen LogP contribution in [0.15, 0.2) is 59.5 Å². The minimum absolute atomic E-state index is 0.00119. The number of esters is 1. The molecule has 1 aliphatic carbocycles. The summed E-state index contributed by atoms with van der Waals surface area (Å²) in [6.07, 6.45) is 3.73. The highest BCUT2D eigenvalue weighted by molar-refractivity contribution is 7.92. The molecule has 172 valence electrons. The van der Waals surface area contributed by atoms with Crippen molar-refractivity contribution in [2.75, 3.05) is 17.5 Å². The molecule has 1 unspecified atom stereocenters. The van der Waals surface area contributed by atoms with Crippen molar-refractivity contribution in [3.05, 3.63) is 60.2 Å². The van der Waals surface area contributed by atoms with Crippen molar-refractivity contribution >= 4 is 27.6 Å². The summed E-state index contributed by atoms with van der Waals surface area (Å²) < 4.78 is 33.2. The number of hydrogen-bond acceptors (Lipinski definition) is 5. The molecule has 0 aromatic heterocycles. The van der Waals surface area contributed by atoms with E-state index in [0.29, 0.717) is 24.6 Å². The first-order chi connectivity index (χ1) is 15.3. The van der Waals surface area contributed by atoms with Gasteiger partial charge < -0.3 is 10.1 Å². The monoisotopic (exact) mass is 458 g/mol. The summed E-state index contributed by atoms with van der Waals surface area (Å²) in [6, 6.07) is 14.7. The molecule has 8 heteroatoms. The van der Waals surface area contributed by atoms with Crippen LogP contribution in [-0.2, 0) is 19.6 Å². The van der Waals surface area contributed by atoms with E-state index < -0.39 is 22.6 Å². The van der Waals surface area contributed by atoms with Crippen molar-refractivity contribution in [1.29, 1.82) is 0 Å². The standard InChI is InChI=1S/C24H30N2O5S/c1-3-4-15-26(21-10-6-5-7-11-21)32(29,30)22-12-8-9-20(16-22)24(28)31-17-23(27)25-18(2)19-13-14-19/h5-12,16,18-19H,3-4,13-15,17H2,1-2H3,(H,25,27). The van der Waals surface area contributed by atoms with Crippen LogP contribution in [0.25, 0.3) is 0 Å². The molecule has 2 aromatic rings. The first-order valence-corrected chi connectivity index (χ1v) is 12.4. The van der Waals surface area contributed by atoms with Gasteiger partial charge in [0.1, 0.15) is 0 Å². The van der Waals surface area contributed by atoms with Gasteiger partial charge in [0, 0.05) is 12.6 Å². The van der Waals surface area contributed by atoms with Crippen LogP contribution in [0, 0.1) is 5.92 Å². The maximum absolute atomic E-state index is 13.4. The van der Waals surface area contributed by atoms with Crippen LogP contribution in [0.3, 0.4) is 0 Å². The third-order valence-corrected chi connectivity index (χ3v) is 7.29. The second-order valence-corrected chi connectivity index (χ2v) is 9.93. The van der Waals surface area contributed by atoms with Gasteiger partial charge in [0.15, 0.2) is 6.61 Å². The van der Waals surface area contributed by atoms with Crippen LogP contribution in [0.1, 0.15) is 49.9 Å². The number of hydrogen-bond donors (Lipinski definition) is 1. The predicted molar refractivity (Wildman–Crippen MR) is 123 cm³/mol. The number of ether oxygens (including phenoxy) is 1. The third kappa shape index (κ3) is 6.09. The Morgan fingerprint density at radius 1 is 1.12 bits per heavy atom. The smallest absolute Gasteiger partial charge is 0.338 e. The van der Waals surface area contributed by atoms with Crippen LogP contribution in [0.4, 0.5) is 5.69 Å². The van der Waals surface area contributed by atoms with Gasteiger partial charge in [-0.3, -0.25) is 9.10 Å². The van der Waals surface area contributed by atoms with E-state index in [2.05, 4.69) is 5.32 Å². The van der Waals surface area contributed by atoms with Crippen LogP contribution in [-0.4, -0.2) is 39.5 Å². The number of sulfonamides is 1. The fraction of sp³-hybridized carbons (Fsp3) is 0.417. The fourth-order valence-electron chi connectivity index (χ4n) is 3.42. The molecule has 32 heavy (non-hydrogen) atoms. The van der Waals surface area contributed by atoms with Gasteiger partial charge in [0.25, 0.3) is 15.9 Å². The molecule has 0 radical (unpaired) electrons. The van der Waals surface area contributed by atoms with E-state index in [1.54, 1.807) is 24.3 Å². The molecule has 1 amide bonds. The van der Waals surface area contributed by atoms with E-state index in [0.717, 1.165) is 19.3 Å². The normalized spacial score (nSPS) is 14.4. The lowest BCUT2D eigenvalue weighted by Gasteiger charge is -2.24. The fourth-order valence-corrected chi connectivity index (χ4v) is 4.97. The van der Waals surface area contributed by atoms with E-state index in [9.17, 15) is 18.0 Å². The number of nitrogens with zero attached hydrogens (tertiary/aromatic N) is 1. The summed E-state index contributed by atoms with van der Waals surface area (Å²) in [5, 5.41) is 2.82. The molecular weight excluding hydrogens is 428 g/mol. The molecule has 0 spiro atoms. The van der Waals surface area contributed by atoms with Gasteiger partial charge in [0.2, 0.25) is 0 Å². The van der Waals surface area contributed by atoms with E-state index in [1.165, 1.54) is 28.6 Å². The first-order valence-electron chi connectivity index (χ1n) is 11.0. The average molecular weight is 459 g/mol. The molecule has 1 N–H and O–H groups in total. The number of carbonyl (C=O) groups excluding carboxylic acids is 2. The highest BCUT2D eigenvalue weighted by Crippen LogP contribution is 2.32. The average Bonchev–Trinajstić information content (AvgIpc) is 3.64. The topological polar surface area (TPSA) is 92.8 Å². The van der Waals surface area contributed by atoms with Crippen molar-refractivity contribution in [2.45, 2.75) is 50.5 Å². The number of carbonyl (C=O) groups is 2. The highest BCUT2D eigenvalue weighted by Gasteiger charge is 2.29. The lowest BCUT2D eigenvalue weighted by molar-refractivity contribution is -0.124. The van der Waals surface area contributed by atoms with Crippen molar-refractivity contribution in [3.63, 3.8) is 0 Å². The lowest BCUT2D eigenvalue weighted by atomic mass is 10.2. The summed E-state index contributed by atoms with van der Waals surface area (Å²) >= 11 is 0. The van der Waals surface area contributed by atoms with Crippen molar-refractivity contribution in [2.24, 2.45) is 5.92 Å². The number of para-hydroxylation sites is 1. The third-order valence-electron chi connectivity index (χ3n) is 5.47. The Morgan fingerprint density at radius 2 is 1.84 bits per heavy atom. The molecule has 1 fully saturated rings. The SMILES string of the molecule is CCCCN(c1ccccc1)S(=O)(=O)c1cccc(C(=O)OCC(=O)NC(C)C2CC2)c1. The van der Waals surface area contributed by atoms with Crippen molar-refractivity contribution < 1.29 is 22.7 Å². The molecule has 7 nitrogen and oxygen atoms in total. The Morgan fingerprint density at radius 3 is 2.50 bits per heavy atom. The molecule has 0 heterocycles. The summed E-state index contributed by atoms with van der Waals surface area (Å²) in [6.45, 7) is 3.85. The minimum Gasteiger partial charge on any atom is -0.452 e. The van der Waals surface area contributed by atoms with Gasteiger partial charge >= 0.3 is 5.97 Å². The zero-order chi connectivity index (χ0) is 23.1. The Kier molecular flexibility index (Phi) is 7.90. The van der Waals surface area contributed by atoms with Crippen LogP contribution >= 0.6 is 0 Å².